The molecule has 8 heteroatoms. The predicted molar refractivity (Wildman–Crippen MR) is 94.8 cm³/mol. The third-order valence-corrected chi connectivity index (χ3v) is 3.50. The molecule has 26 heavy (non-hydrogen) atoms. The van der Waals surface area contributed by atoms with Crippen molar-refractivity contribution in [2.24, 2.45) is 0 Å². The van der Waals surface area contributed by atoms with Gasteiger partial charge < -0.3 is 29.7 Å². The normalized spacial score (nSPS) is 13.5. The van der Waals surface area contributed by atoms with Crippen molar-refractivity contribution in [3.05, 3.63) is 23.3 Å². The van der Waals surface area contributed by atoms with E-state index in [-0.39, 0.29) is 35.6 Å². The minimum atomic E-state index is -1.29. The Morgan fingerprint density at radius 2 is 1.81 bits per heavy atom. The number of hydrogen-bond donors (Lipinski definition) is 3. The van der Waals surface area contributed by atoms with Gasteiger partial charge in [-0.1, -0.05) is 0 Å². The second-order valence-electron chi connectivity index (χ2n) is 6.68. The number of carbonyl (C=O) groups excluding carboxylic acids is 2. The van der Waals surface area contributed by atoms with E-state index in [4.69, 9.17) is 14.2 Å². The van der Waals surface area contributed by atoms with Gasteiger partial charge in [0.15, 0.2) is 6.29 Å². The average Bonchev–Trinajstić information content (AvgIpc) is 2.57. The number of aldehydes is 1. The standard InChI is InChI=1S/C18H27NO7/c1-18(2,3)26-17(23)19-7-6-13(21)16(22)12-9-14(24-4)11(10-20)8-15(12)25-5/h8-10,13,16,21-22H,6-7H2,1-5H3,(H,19,23). The smallest absolute Gasteiger partial charge is 0.407 e. The van der Waals surface area contributed by atoms with Crippen LogP contribution in [0.5, 0.6) is 11.5 Å². The Morgan fingerprint density at radius 1 is 1.19 bits per heavy atom. The molecule has 0 aromatic heterocycles. The summed E-state index contributed by atoms with van der Waals surface area (Å²) >= 11 is 0. The maximum absolute atomic E-state index is 11.6. The number of benzene rings is 1. The molecule has 0 aliphatic carbocycles. The van der Waals surface area contributed by atoms with E-state index in [0.29, 0.717) is 6.29 Å². The Bertz CT molecular complexity index is 625. The molecule has 2 unspecified atom stereocenters. The van der Waals surface area contributed by atoms with Crippen molar-refractivity contribution in [3.8, 4) is 11.5 Å². The molecule has 2 atom stereocenters. The largest absolute Gasteiger partial charge is 0.496 e. The minimum absolute atomic E-state index is 0.0846. The van der Waals surface area contributed by atoms with Crippen molar-refractivity contribution in [3.63, 3.8) is 0 Å². The zero-order valence-corrected chi connectivity index (χ0v) is 15.7. The molecule has 0 bridgehead atoms. The average molecular weight is 369 g/mol. The molecule has 146 valence electrons. The highest BCUT2D eigenvalue weighted by molar-refractivity contribution is 5.80. The lowest BCUT2D eigenvalue weighted by molar-refractivity contribution is 0.0109. The number of aliphatic hydroxyl groups excluding tert-OH is 2. The van der Waals surface area contributed by atoms with Crippen LogP contribution < -0.4 is 14.8 Å². The van der Waals surface area contributed by atoms with E-state index in [2.05, 4.69) is 5.32 Å². The Hall–Kier alpha value is -2.32. The summed E-state index contributed by atoms with van der Waals surface area (Å²) in [5.74, 6) is 0.508. The van der Waals surface area contributed by atoms with Gasteiger partial charge in [0.2, 0.25) is 0 Å². The molecule has 0 spiro atoms. The second-order valence-corrected chi connectivity index (χ2v) is 6.68. The lowest BCUT2D eigenvalue weighted by Gasteiger charge is -2.22. The van der Waals surface area contributed by atoms with Gasteiger partial charge in [0.25, 0.3) is 0 Å². The monoisotopic (exact) mass is 369 g/mol. The highest BCUT2D eigenvalue weighted by atomic mass is 16.6. The number of ether oxygens (including phenoxy) is 3. The quantitative estimate of drug-likeness (QED) is 0.599. The van der Waals surface area contributed by atoms with Gasteiger partial charge >= 0.3 is 6.09 Å². The van der Waals surface area contributed by atoms with Crippen molar-refractivity contribution < 1.29 is 34.0 Å². The first-order valence-corrected chi connectivity index (χ1v) is 8.17. The Kier molecular flexibility index (Phi) is 7.85. The molecule has 1 rings (SSSR count). The molecule has 0 heterocycles. The van der Waals surface area contributed by atoms with Gasteiger partial charge in [-0.15, -0.1) is 0 Å². The summed E-state index contributed by atoms with van der Waals surface area (Å²) in [7, 11) is 2.79. The van der Waals surface area contributed by atoms with E-state index in [1.165, 1.54) is 26.4 Å². The summed E-state index contributed by atoms with van der Waals surface area (Å²) in [5.41, 5.74) is -0.0759. The molecule has 1 amide bonds. The van der Waals surface area contributed by atoms with Crippen molar-refractivity contribution in [1.29, 1.82) is 0 Å². The van der Waals surface area contributed by atoms with Crippen LogP contribution in [0.25, 0.3) is 0 Å². The van der Waals surface area contributed by atoms with Crippen LogP contribution in [0.3, 0.4) is 0 Å². The van der Waals surface area contributed by atoms with E-state index in [1.54, 1.807) is 20.8 Å². The van der Waals surface area contributed by atoms with Crippen LogP contribution in [-0.2, 0) is 4.74 Å². The van der Waals surface area contributed by atoms with Gasteiger partial charge in [-0.25, -0.2) is 4.79 Å². The van der Waals surface area contributed by atoms with Gasteiger partial charge in [-0.05, 0) is 39.3 Å². The number of hydrogen-bond acceptors (Lipinski definition) is 7. The summed E-state index contributed by atoms with van der Waals surface area (Å²) in [6, 6.07) is 2.87. The SMILES string of the molecule is COc1cc(C(O)C(O)CCNC(=O)OC(C)(C)C)c(OC)cc1C=O. The maximum atomic E-state index is 11.6. The molecule has 3 N–H and O–H groups in total. The second kappa shape index (κ2) is 9.40. The van der Waals surface area contributed by atoms with Crippen molar-refractivity contribution in [1.82, 2.24) is 5.32 Å². The third-order valence-electron chi connectivity index (χ3n) is 3.50. The first kappa shape index (κ1) is 21.7. The number of methoxy groups -OCH3 is 2. The Labute approximate surface area is 153 Å². The van der Waals surface area contributed by atoms with Crippen molar-refractivity contribution >= 4 is 12.4 Å². The Morgan fingerprint density at radius 3 is 2.31 bits per heavy atom. The van der Waals surface area contributed by atoms with Gasteiger partial charge in [0, 0.05) is 12.1 Å². The van der Waals surface area contributed by atoms with Gasteiger partial charge in [-0.3, -0.25) is 4.79 Å². The molecule has 8 nitrogen and oxygen atoms in total. The van der Waals surface area contributed by atoms with Crippen LogP contribution in [0.4, 0.5) is 4.79 Å². The van der Waals surface area contributed by atoms with Crippen LogP contribution in [0.1, 0.15) is 49.2 Å². The van der Waals surface area contributed by atoms with E-state index < -0.39 is 23.9 Å². The fourth-order valence-electron chi connectivity index (χ4n) is 2.27. The number of amides is 1. The molecule has 0 aliphatic heterocycles. The summed E-state index contributed by atoms with van der Waals surface area (Å²) in [6.07, 6.45) is -2.38. The van der Waals surface area contributed by atoms with Crippen LogP contribution >= 0.6 is 0 Å². The molecular formula is C18H27NO7. The van der Waals surface area contributed by atoms with Crippen LogP contribution in [0.2, 0.25) is 0 Å². The highest BCUT2D eigenvalue weighted by Crippen LogP contribution is 2.34. The molecule has 0 radical (unpaired) electrons. The topological polar surface area (TPSA) is 114 Å². The lowest BCUT2D eigenvalue weighted by atomic mass is 9.99. The molecule has 0 saturated carbocycles. The predicted octanol–water partition coefficient (Wildman–Crippen LogP) is 1.83. The molecule has 1 aromatic rings. The van der Waals surface area contributed by atoms with Gasteiger partial charge in [-0.2, -0.15) is 0 Å². The number of carbonyl (C=O) groups is 2. The number of nitrogens with one attached hydrogen (secondary N) is 1. The van der Waals surface area contributed by atoms with Crippen molar-refractivity contribution in [2.75, 3.05) is 20.8 Å². The summed E-state index contributed by atoms with van der Waals surface area (Å²) < 4.78 is 15.4. The minimum Gasteiger partial charge on any atom is -0.496 e. The summed E-state index contributed by atoms with van der Waals surface area (Å²) in [6.45, 7) is 5.34. The first-order valence-electron chi connectivity index (χ1n) is 8.17. The lowest BCUT2D eigenvalue weighted by Crippen LogP contribution is -2.34. The van der Waals surface area contributed by atoms with E-state index in [0.717, 1.165) is 0 Å². The fraction of sp³-hybridized carbons (Fsp3) is 0.556. The van der Waals surface area contributed by atoms with Gasteiger partial charge in [0.1, 0.15) is 23.2 Å². The third kappa shape index (κ3) is 6.20. The van der Waals surface area contributed by atoms with Crippen LogP contribution in [-0.4, -0.2) is 55.1 Å². The van der Waals surface area contributed by atoms with Crippen LogP contribution in [0.15, 0.2) is 12.1 Å². The van der Waals surface area contributed by atoms with E-state index >= 15 is 0 Å². The van der Waals surface area contributed by atoms with Crippen LogP contribution in [0, 0.1) is 0 Å². The molecule has 0 fully saturated rings. The van der Waals surface area contributed by atoms with E-state index in [9.17, 15) is 19.8 Å². The Balaban J connectivity index is 2.77. The summed E-state index contributed by atoms with van der Waals surface area (Å²) in [5, 5.41) is 23.1. The molecule has 1 aromatic carbocycles. The molecular weight excluding hydrogens is 342 g/mol. The van der Waals surface area contributed by atoms with E-state index in [1.807, 2.05) is 0 Å². The first-order chi connectivity index (χ1) is 12.1. The molecule has 0 aliphatic rings. The fourth-order valence-corrected chi connectivity index (χ4v) is 2.27. The number of alkyl carbamates (subject to hydrolysis) is 1. The summed E-state index contributed by atoms with van der Waals surface area (Å²) in [4.78, 5) is 22.7. The van der Waals surface area contributed by atoms with Crippen molar-refractivity contribution in [2.45, 2.75) is 45.0 Å². The number of aliphatic hydroxyl groups is 2. The zero-order chi connectivity index (χ0) is 19.9. The highest BCUT2D eigenvalue weighted by Gasteiger charge is 2.24. The maximum Gasteiger partial charge on any atom is 0.407 e. The zero-order valence-electron chi connectivity index (χ0n) is 15.7. The number of rotatable bonds is 8. The van der Waals surface area contributed by atoms with Gasteiger partial charge in [0.05, 0.1) is 25.9 Å². The molecule has 0 saturated heterocycles.